The van der Waals surface area contributed by atoms with Gasteiger partial charge in [0.05, 0.1) is 23.3 Å². The van der Waals surface area contributed by atoms with Gasteiger partial charge in [0.15, 0.2) is 5.96 Å². The van der Waals surface area contributed by atoms with Gasteiger partial charge in [-0.3, -0.25) is 4.99 Å². The molecule has 1 atom stereocenters. The van der Waals surface area contributed by atoms with Gasteiger partial charge >= 0.3 is 0 Å². The molecule has 2 aromatic rings. The second-order valence-corrected chi connectivity index (χ2v) is 6.83. The van der Waals surface area contributed by atoms with Crippen molar-refractivity contribution in [2.45, 2.75) is 6.04 Å². The molecule has 2 N–H and O–H groups in total. The summed E-state index contributed by atoms with van der Waals surface area (Å²) in [7, 11) is 0. The van der Waals surface area contributed by atoms with Crippen molar-refractivity contribution in [1.82, 2.24) is 0 Å². The molecular formula is C15H12Br2ClN3. The summed E-state index contributed by atoms with van der Waals surface area (Å²) < 4.78 is 1.87. The number of para-hydroxylation sites is 1. The van der Waals surface area contributed by atoms with E-state index in [1.807, 2.05) is 47.4 Å². The Hall–Kier alpha value is -1.04. The van der Waals surface area contributed by atoms with Crippen molar-refractivity contribution in [1.29, 1.82) is 0 Å². The van der Waals surface area contributed by atoms with Crippen LogP contribution in [0.4, 0.5) is 5.69 Å². The van der Waals surface area contributed by atoms with E-state index in [1.165, 1.54) is 0 Å². The Balaban J connectivity index is 2.03. The maximum atomic E-state index is 6.21. The molecule has 0 saturated carbocycles. The second-order valence-electron chi connectivity index (χ2n) is 4.71. The standard InChI is InChI=1S/C15H12Br2ClN3/c16-10-6-5-9(7-12(10)18)14-8-20-15(19)21(14)13-4-2-1-3-11(13)17/h1-7,14H,8H2,(H2,19,20). The van der Waals surface area contributed by atoms with E-state index in [9.17, 15) is 0 Å². The summed E-state index contributed by atoms with van der Waals surface area (Å²) in [5.41, 5.74) is 8.17. The van der Waals surface area contributed by atoms with Crippen LogP contribution in [0.5, 0.6) is 0 Å². The van der Waals surface area contributed by atoms with E-state index in [1.54, 1.807) is 0 Å². The van der Waals surface area contributed by atoms with Crippen LogP contribution in [0.1, 0.15) is 11.6 Å². The zero-order valence-corrected chi connectivity index (χ0v) is 14.9. The van der Waals surface area contributed by atoms with Crippen LogP contribution in [-0.2, 0) is 0 Å². The third kappa shape index (κ3) is 2.82. The van der Waals surface area contributed by atoms with Crippen LogP contribution in [0.25, 0.3) is 0 Å². The number of hydrogen-bond acceptors (Lipinski definition) is 3. The maximum Gasteiger partial charge on any atom is 0.196 e. The number of aliphatic imine (C=N–C) groups is 1. The fourth-order valence-electron chi connectivity index (χ4n) is 2.41. The highest BCUT2D eigenvalue weighted by Gasteiger charge is 2.30. The Kier molecular flexibility index (Phi) is 4.24. The van der Waals surface area contributed by atoms with E-state index < -0.39 is 0 Å². The summed E-state index contributed by atoms with van der Waals surface area (Å²) in [5, 5.41) is 0.685. The van der Waals surface area contributed by atoms with Crippen molar-refractivity contribution in [2.75, 3.05) is 11.4 Å². The van der Waals surface area contributed by atoms with E-state index in [4.69, 9.17) is 17.3 Å². The minimum Gasteiger partial charge on any atom is -0.369 e. The lowest BCUT2D eigenvalue weighted by molar-refractivity contribution is 0.767. The topological polar surface area (TPSA) is 41.6 Å². The Bertz CT molecular complexity index is 718. The molecule has 0 saturated heterocycles. The van der Waals surface area contributed by atoms with Crippen molar-refractivity contribution >= 4 is 55.1 Å². The van der Waals surface area contributed by atoms with Gasteiger partial charge in [-0.15, -0.1) is 0 Å². The highest BCUT2D eigenvalue weighted by Crippen LogP contribution is 2.37. The number of benzene rings is 2. The smallest absolute Gasteiger partial charge is 0.196 e. The van der Waals surface area contributed by atoms with Crippen molar-refractivity contribution < 1.29 is 0 Å². The molecule has 1 aliphatic rings. The molecule has 0 fully saturated rings. The first-order chi connectivity index (χ1) is 10.1. The van der Waals surface area contributed by atoms with Gasteiger partial charge in [0, 0.05) is 8.95 Å². The SMILES string of the molecule is NC1=NCC(c2ccc(Br)c(Cl)c2)N1c1ccccc1Br. The molecule has 0 radical (unpaired) electrons. The van der Waals surface area contributed by atoms with Gasteiger partial charge in [-0.05, 0) is 61.7 Å². The molecule has 0 bridgehead atoms. The van der Waals surface area contributed by atoms with Crippen LogP contribution >= 0.6 is 43.5 Å². The van der Waals surface area contributed by atoms with Gasteiger partial charge in [-0.25, -0.2) is 0 Å². The Morgan fingerprint density at radius 1 is 1.14 bits per heavy atom. The third-order valence-electron chi connectivity index (χ3n) is 3.43. The predicted molar refractivity (Wildman–Crippen MR) is 95.0 cm³/mol. The molecule has 108 valence electrons. The first-order valence-electron chi connectivity index (χ1n) is 6.36. The number of nitrogens with two attached hydrogens (primary N) is 1. The van der Waals surface area contributed by atoms with E-state index in [0.29, 0.717) is 17.5 Å². The predicted octanol–water partition coefficient (Wildman–Crippen LogP) is 4.74. The van der Waals surface area contributed by atoms with E-state index in [0.717, 1.165) is 20.2 Å². The maximum absolute atomic E-state index is 6.21. The van der Waals surface area contributed by atoms with Gasteiger partial charge in [0.25, 0.3) is 0 Å². The fraction of sp³-hybridized carbons (Fsp3) is 0.133. The molecule has 0 aliphatic carbocycles. The van der Waals surface area contributed by atoms with Gasteiger partial charge in [-0.2, -0.15) is 0 Å². The number of nitrogens with zero attached hydrogens (tertiary/aromatic N) is 2. The lowest BCUT2D eigenvalue weighted by Crippen LogP contribution is -2.36. The number of rotatable bonds is 2. The molecule has 1 unspecified atom stereocenters. The summed E-state index contributed by atoms with van der Waals surface area (Å²) in [6, 6.07) is 14.0. The highest BCUT2D eigenvalue weighted by molar-refractivity contribution is 9.11. The van der Waals surface area contributed by atoms with Crippen molar-refractivity contribution in [3.8, 4) is 0 Å². The van der Waals surface area contributed by atoms with Crippen molar-refractivity contribution in [3.05, 3.63) is 62.0 Å². The lowest BCUT2D eigenvalue weighted by Gasteiger charge is -2.27. The number of anilines is 1. The first kappa shape index (κ1) is 14.9. The molecule has 3 rings (SSSR count). The summed E-state index contributed by atoms with van der Waals surface area (Å²) in [6.07, 6.45) is 0. The zero-order valence-electron chi connectivity index (χ0n) is 10.9. The average Bonchev–Trinajstić information content (AvgIpc) is 2.84. The van der Waals surface area contributed by atoms with Gasteiger partial charge in [0.1, 0.15) is 0 Å². The minimum atomic E-state index is 0.0503. The van der Waals surface area contributed by atoms with Crippen LogP contribution in [-0.4, -0.2) is 12.5 Å². The molecule has 0 spiro atoms. The van der Waals surface area contributed by atoms with Crippen LogP contribution in [0.3, 0.4) is 0 Å². The van der Waals surface area contributed by atoms with E-state index in [-0.39, 0.29) is 6.04 Å². The van der Waals surface area contributed by atoms with Crippen molar-refractivity contribution in [2.24, 2.45) is 10.7 Å². The molecule has 0 aromatic heterocycles. The number of hydrogen-bond donors (Lipinski definition) is 1. The summed E-state index contributed by atoms with van der Waals surface area (Å²) in [5.74, 6) is 0.519. The summed E-state index contributed by atoms with van der Waals surface area (Å²) >= 11 is 13.2. The quantitative estimate of drug-likeness (QED) is 0.749. The first-order valence-corrected chi connectivity index (χ1v) is 8.33. The summed E-state index contributed by atoms with van der Waals surface area (Å²) in [6.45, 7) is 0.616. The second kappa shape index (κ2) is 5.99. The van der Waals surface area contributed by atoms with Crippen LogP contribution in [0.15, 0.2) is 56.4 Å². The molecule has 6 heteroatoms. The molecule has 21 heavy (non-hydrogen) atoms. The molecule has 0 amide bonds. The Morgan fingerprint density at radius 3 is 2.62 bits per heavy atom. The normalized spacial score (nSPS) is 18.0. The highest BCUT2D eigenvalue weighted by atomic mass is 79.9. The average molecular weight is 430 g/mol. The molecular weight excluding hydrogens is 417 g/mol. The van der Waals surface area contributed by atoms with E-state index >= 15 is 0 Å². The molecule has 1 heterocycles. The third-order valence-corrected chi connectivity index (χ3v) is 5.33. The Labute approximate surface area is 145 Å². The van der Waals surface area contributed by atoms with E-state index in [2.05, 4.69) is 36.9 Å². The summed E-state index contributed by atoms with van der Waals surface area (Å²) in [4.78, 5) is 6.42. The largest absolute Gasteiger partial charge is 0.369 e. The number of halogens is 3. The molecule has 2 aromatic carbocycles. The fourth-order valence-corrected chi connectivity index (χ4v) is 3.32. The lowest BCUT2D eigenvalue weighted by atomic mass is 10.1. The van der Waals surface area contributed by atoms with Gasteiger partial charge < -0.3 is 10.6 Å². The Morgan fingerprint density at radius 2 is 1.90 bits per heavy atom. The van der Waals surface area contributed by atoms with Gasteiger partial charge in [0.2, 0.25) is 0 Å². The minimum absolute atomic E-state index is 0.0503. The molecule has 3 nitrogen and oxygen atoms in total. The van der Waals surface area contributed by atoms with Gasteiger partial charge in [-0.1, -0.05) is 29.8 Å². The van der Waals surface area contributed by atoms with Crippen LogP contribution in [0.2, 0.25) is 5.02 Å². The van der Waals surface area contributed by atoms with Crippen molar-refractivity contribution in [3.63, 3.8) is 0 Å². The monoisotopic (exact) mass is 427 g/mol. The van der Waals surface area contributed by atoms with Crippen LogP contribution < -0.4 is 10.6 Å². The zero-order chi connectivity index (χ0) is 15.0. The van der Waals surface area contributed by atoms with Crippen LogP contribution in [0, 0.1) is 0 Å². The molecule has 1 aliphatic heterocycles. The number of guanidine groups is 1.